The molecule has 0 radical (unpaired) electrons. The van der Waals surface area contributed by atoms with Crippen molar-refractivity contribution in [2.45, 2.75) is 33.2 Å². The van der Waals surface area contributed by atoms with Crippen LogP contribution < -0.4 is 10.6 Å². The molecule has 110 valence electrons. The molecule has 1 heterocycles. The number of anilines is 2. The van der Waals surface area contributed by atoms with Crippen molar-refractivity contribution in [3.8, 4) is 0 Å². The molecule has 0 aliphatic carbocycles. The SMILES string of the molecule is Cc1cc2c(c(C)c1N)CCCN2Cc1ccc(Cl)cc1. The van der Waals surface area contributed by atoms with Gasteiger partial charge in [0.15, 0.2) is 0 Å². The highest BCUT2D eigenvalue weighted by Crippen LogP contribution is 2.35. The number of rotatable bonds is 2. The normalized spacial score (nSPS) is 14.1. The number of aryl methyl sites for hydroxylation is 1. The van der Waals surface area contributed by atoms with Gasteiger partial charge in [-0.15, -0.1) is 0 Å². The highest BCUT2D eigenvalue weighted by Gasteiger charge is 2.20. The molecule has 2 nitrogen and oxygen atoms in total. The third-order valence-corrected chi connectivity index (χ3v) is 4.68. The lowest BCUT2D eigenvalue weighted by molar-refractivity contribution is 0.688. The Balaban J connectivity index is 1.95. The minimum absolute atomic E-state index is 0.789. The molecular formula is C18H21ClN2. The van der Waals surface area contributed by atoms with Crippen LogP contribution in [-0.2, 0) is 13.0 Å². The van der Waals surface area contributed by atoms with E-state index in [1.54, 1.807) is 0 Å². The van der Waals surface area contributed by atoms with E-state index in [1.807, 2.05) is 12.1 Å². The fourth-order valence-corrected chi connectivity index (χ4v) is 3.29. The van der Waals surface area contributed by atoms with Crippen molar-refractivity contribution in [2.24, 2.45) is 0 Å². The first-order valence-electron chi connectivity index (χ1n) is 7.44. The minimum atomic E-state index is 0.789. The average molecular weight is 301 g/mol. The van der Waals surface area contributed by atoms with Crippen LogP contribution in [0, 0.1) is 13.8 Å². The zero-order chi connectivity index (χ0) is 15.0. The molecule has 21 heavy (non-hydrogen) atoms. The topological polar surface area (TPSA) is 29.3 Å². The van der Waals surface area contributed by atoms with Gasteiger partial charge in [-0.1, -0.05) is 23.7 Å². The first-order chi connectivity index (χ1) is 10.1. The van der Waals surface area contributed by atoms with Crippen LogP contribution in [0.3, 0.4) is 0 Å². The molecule has 2 aromatic rings. The Morgan fingerprint density at radius 1 is 1.19 bits per heavy atom. The second-order valence-electron chi connectivity index (χ2n) is 5.88. The second kappa shape index (κ2) is 5.61. The largest absolute Gasteiger partial charge is 0.398 e. The first-order valence-corrected chi connectivity index (χ1v) is 7.82. The molecule has 0 bridgehead atoms. The lowest BCUT2D eigenvalue weighted by Gasteiger charge is -2.33. The maximum Gasteiger partial charge on any atom is 0.0429 e. The summed E-state index contributed by atoms with van der Waals surface area (Å²) in [4.78, 5) is 2.46. The third-order valence-electron chi connectivity index (χ3n) is 4.43. The quantitative estimate of drug-likeness (QED) is 0.828. The summed E-state index contributed by atoms with van der Waals surface area (Å²) >= 11 is 5.97. The number of halogens is 1. The summed E-state index contributed by atoms with van der Waals surface area (Å²) in [6, 6.07) is 10.4. The minimum Gasteiger partial charge on any atom is -0.398 e. The van der Waals surface area contributed by atoms with Crippen LogP contribution in [0.1, 0.15) is 28.7 Å². The average Bonchev–Trinajstić information content (AvgIpc) is 2.48. The summed E-state index contributed by atoms with van der Waals surface area (Å²) in [7, 11) is 0. The molecule has 3 heteroatoms. The van der Waals surface area contributed by atoms with Gasteiger partial charge < -0.3 is 10.6 Å². The molecule has 2 aromatic carbocycles. The van der Waals surface area contributed by atoms with Crippen molar-refractivity contribution in [1.82, 2.24) is 0 Å². The van der Waals surface area contributed by atoms with Gasteiger partial charge in [-0.05, 0) is 67.1 Å². The number of hydrogen-bond acceptors (Lipinski definition) is 2. The Bertz CT molecular complexity index is 662. The fourth-order valence-electron chi connectivity index (χ4n) is 3.16. The van der Waals surface area contributed by atoms with Crippen molar-refractivity contribution in [3.63, 3.8) is 0 Å². The maximum atomic E-state index is 6.19. The summed E-state index contributed by atoms with van der Waals surface area (Å²) in [6.45, 7) is 6.26. The van der Waals surface area contributed by atoms with Crippen molar-refractivity contribution >= 4 is 23.0 Å². The number of nitrogens with two attached hydrogens (primary N) is 1. The van der Waals surface area contributed by atoms with Gasteiger partial charge in [0.1, 0.15) is 0 Å². The van der Waals surface area contributed by atoms with E-state index in [0.717, 1.165) is 30.2 Å². The second-order valence-corrected chi connectivity index (χ2v) is 6.32. The molecule has 0 atom stereocenters. The van der Waals surface area contributed by atoms with Crippen LogP contribution in [0.25, 0.3) is 0 Å². The highest BCUT2D eigenvalue weighted by atomic mass is 35.5. The molecule has 0 fully saturated rings. The van der Waals surface area contributed by atoms with Crippen molar-refractivity contribution in [3.05, 3.63) is 57.6 Å². The van der Waals surface area contributed by atoms with E-state index in [2.05, 4.69) is 36.9 Å². The molecule has 0 saturated heterocycles. The van der Waals surface area contributed by atoms with E-state index in [1.165, 1.54) is 34.4 Å². The molecule has 3 rings (SSSR count). The van der Waals surface area contributed by atoms with Gasteiger partial charge in [0.2, 0.25) is 0 Å². The molecule has 0 saturated carbocycles. The smallest absolute Gasteiger partial charge is 0.0429 e. The Morgan fingerprint density at radius 2 is 1.90 bits per heavy atom. The maximum absolute atomic E-state index is 6.19. The van der Waals surface area contributed by atoms with E-state index in [4.69, 9.17) is 17.3 Å². The Hall–Kier alpha value is -1.67. The van der Waals surface area contributed by atoms with Crippen LogP contribution in [0.15, 0.2) is 30.3 Å². The van der Waals surface area contributed by atoms with E-state index in [0.29, 0.717) is 0 Å². The predicted molar refractivity (Wildman–Crippen MR) is 91.2 cm³/mol. The van der Waals surface area contributed by atoms with Gasteiger partial charge in [-0.2, -0.15) is 0 Å². The van der Waals surface area contributed by atoms with Crippen LogP contribution in [0.4, 0.5) is 11.4 Å². The lowest BCUT2D eigenvalue weighted by Crippen LogP contribution is -2.29. The molecule has 0 unspecified atom stereocenters. The predicted octanol–water partition coefficient (Wildman–Crippen LogP) is 4.49. The summed E-state index contributed by atoms with van der Waals surface area (Å²) in [5.74, 6) is 0. The first kappa shape index (κ1) is 14.3. The third kappa shape index (κ3) is 2.73. The Labute approximate surface area is 131 Å². The summed E-state index contributed by atoms with van der Waals surface area (Å²) in [6.07, 6.45) is 2.31. The number of nitrogens with zero attached hydrogens (tertiary/aromatic N) is 1. The summed E-state index contributed by atoms with van der Waals surface area (Å²) in [5.41, 5.74) is 13.6. The van der Waals surface area contributed by atoms with Gasteiger partial charge in [-0.25, -0.2) is 0 Å². The Morgan fingerprint density at radius 3 is 2.62 bits per heavy atom. The summed E-state index contributed by atoms with van der Waals surface area (Å²) in [5, 5.41) is 0.789. The zero-order valence-electron chi connectivity index (χ0n) is 12.6. The Kier molecular flexibility index (Phi) is 3.81. The lowest BCUT2D eigenvalue weighted by atomic mass is 9.93. The monoisotopic (exact) mass is 300 g/mol. The van der Waals surface area contributed by atoms with Crippen molar-refractivity contribution in [2.75, 3.05) is 17.2 Å². The molecule has 1 aliphatic rings. The van der Waals surface area contributed by atoms with Gasteiger partial charge in [0, 0.05) is 29.5 Å². The van der Waals surface area contributed by atoms with Crippen LogP contribution in [0.5, 0.6) is 0 Å². The van der Waals surface area contributed by atoms with E-state index >= 15 is 0 Å². The zero-order valence-corrected chi connectivity index (χ0v) is 13.4. The molecule has 0 amide bonds. The number of fused-ring (bicyclic) bond motifs is 1. The van der Waals surface area contributed by atoms with Gasteiger partial charge in [0.25, 0.3) is 0 Å². The summed E-state index contributed by atoms with van der Waals surface area (Å²) < 4.78 is 0. The fraction of sp³-hybridized carbons (Fsp3) is 0.333. The van der Waals surface area contributed by atoms with E-state index in [9.17, 15) is 0 Å². The molecule has 0 spiro atoms. The number of benzene rings is 2. The number of nitrogen functional groups attached to an aromatic ring is 1. The molecular weight excluding hydrogens is 280 g/mol. The van der Waals surface area contributed by atoms with Gasteiger partial charge in [-0.3, -0.25) is 0 Å². The standard InChI is InChI=1S/C18H21ClN2/c1-12-10-17-16(13(2)18(12)20)4-3-9-21(17)11-14-5-7-15(19)8-6-14/h5-8,10H,3-4,9,11,20H2,1-2H3. The number of hydrogen-bond donors (Lipinski definition) is 1. The van der Waals surface area contributed by atoms with Crippen LogP contribution >= 0.6 is 11.6 Å². The highest BCUT2D eigenvalue weighted by molar-refractivity contribution is 6.30. The van der Waals surface area contributed by atoms with Crippen LogP contribution in [0.2, 0.25) is 5.02 Å². The molecule has 2 N–H and O–H groups in total. The van der Waals surface area contributed by atoms with E-state index in [-0.39, 0.29) is 0 Å². The molecule has 1 aliphatic heterocycles. The van der Waals surface area contributed by atoms with E-state index < -0.39 is 0 Å². The van der Waals surface area contributed by atoms with Crippen LogP contribution in [-0.4, -0.2) is 6.54 Å². The van der Waals surface area contributed by atoms with Gasteiger partial charge >= 0.3 is 0 Å². The van der Waals surface area contributed by atoms with Crippen molar-refractivity contribution < 1.29 is 0 Å². The van der Waals surface area contributed by atoms with Gasteiger partial charge in [0.05, 0.1) is 0 Å². The van der Waals surface area contributed by atoms with Crippen molar-refractivity contribution in [1.29, 1.82) is 0 Å². The molecule has 0 aromatic heterocycles.